The van der Waals surface area contributed by atoms with E-state index in [-0.39, 0.29) is 5.56 Å². The van der Waals surface area contributed by atoms with Crippen LogP contribution in [0.4, 0.5) is 0 Å². The second-order valence-corrected chi connectivity index (χ2v) is 4.15. The van der Waals surface area contributed by atoms with E-state index >= 15 is 0 Å². The molecule has 0 bridgehead atoms. The Hall–Kier alpha value is -1.97. The highest BCUT2D eigenvalue weighted by Crippen LogP contribution is 2.24. The van der Waals surface area contributed by atoms with Gasteiger partial charge in [0.15, 0.2) is 0 Å². The van der Waals surface area contributed by atoms with E-state index in [0.29, 0.717) is 18.1 Å². The molecule has 0 saturated heterocycles. The van der Waals surface area contributed by atoms with Crippen molar-refractivity contribution < 1.29 is 19.4 Å². The molecule has 4 nitrogen and oxygen atoms in total. The van der Waals surface area contributed by atoms with Crippen molar-refractivity contribution in [2.75, 3.05) is 13.7 Å². The van der Waals surface area contributed by atoms with Gasteiger partial charge in [0.05, 0.1) is 13.7 Å². The molecular formula is C15H20O4. The molecule has 0 fully saturated rings. The van der Waals surface area contributed by atoms with Gasteiger partial charge >= 0.3 is 5.97 Å². The molecular weight excluding hydrogens is 244 g/mol. The third-order valence-electron chi connectivity index (χ3n) is 2.73. The van der Waals surface area contributed by atoms with Gasteiger partial charge in [-0.1, -0.05) is 6.08 Å². The summed E-state index contributed by atoms with van der Waals surface area (Å²) >= 11 is 0. The Morgan fingerprint density at radius 2 is 2.16 bits per heavy atom. The standard InChI is InChI=1S/C15H20O4/c1-3-4-5-6-7-10-19-14-9-8-12(18-2)11-13(14)15(16)17/h3,8-9,11H,1,4-7,10H2,2H3,(H,16,17). The highest BCUT2D eigenvalue weighted by Gasteiger charge is 2.12. The maximum absolute atomic E-state index is 11.1. The minimum absolute atomic E-state index is 0.130. The van der Waals surface area contributed by atoms with E-state index in [1.165, 1.54) is 13.2 Å². The van der Waals surface area contributed by atoms with Crippen LogP contribution < -0.4 is 9.47 Å². The lowest BCUT2D eigenvalue weighted by molar-refractivity contribution is 0.0691. The van der Waals surface area contributed by atoms with Gasteiger partial charge in [0.2, 0.25) is 0 Å². The topological polar surface area (TPSA) is 55.8 Å². The SMILES string of the molecule is C=CCCCCCOc1ccc(OC)cc1C(=O)O. The number of allylic oxidation sites excluding steroid dienone is 1. The number of ether oxygens (including phenoxy) is 2. The van der Waals surface area contributed by atoms with Gasteiger partial charge in [-0.15, -0.1) is 6.58 Å². The molecule has 1 rings (SSSR count). The molecule has 1 N–H and O–H groups in total. The van der Waals surface area contributed by atoms with E-state index in [0.717, 1.165) is 25.7 Å². The van der Waals surface area contributed by atoms with Gasteiger partial charge < -0.3 is 14.6 Å². The molecule has 0 saturated carbocycles. The van der Waals surface area contributed by atoms with E-state index in [2.05, 4.69) is 6.58 Å². The largest absolute Gasteiger partial charge is 0.497 e. The molecule has 0 aliphatic heterocycles. The smallest absolute Gasteiger partial charge is 0.339 e. The number of rotatable bonds is 9. The fourth-order valence-electron chi connectivity index (χ4n) is 1.68. The average Bonchev–Trinajstić information content (AvgIpc) is 2.42. The Morgan fingerprint density at radius 3 is 2.79 bits per heavy atom. The molecule has 1 aromatic rings. The third-order valence-corrected chi connectivity index (χ3v) is 2.73. The van der Waals surface area contributed by atoms with Gasteiger partial charge in [-0.3, -0.25) is 0 Å². The van der Waals surface area contributed by atoms with Gasteiger partial charge in [-0.2, -0.15) is 0 Å². The number of aromatic carboxylic acids is 1. The number of benzene rings is 1. The van der Waals surface area contributed by atoms with Gasteiger partial charge in [0, 0.05) is 0 Å². The monoisotopic (exact) mass is 264 g/mol. The first-order valence-corrected chi connectivity index (χ1v) is 6.34. The number of unbranched alkanes of at least 4 members (excludes halogenated alkanes) is 3. The van der Waals surface area contributed by atoms with Crippen LogP contribution in [-0.4, -0.2) is 24.8 Å². The van der Waals surface area contributed by atoms with Crippen molar-refractivity contribution in [3.63, 3.8) is 0 Å². The molecule has 0 aliphatic carbocycles. The number of carbonyl (C=O) groups is 1. The first-order chi connectivity index (χ1) is 9.19. The van der Waals surface area contributed by atoms with E-state index in [1.807, 2.05) is 6.08 Å². The molecule has 0 unspecified atom stereocenters. The molecule has 0 spiro atoms. The van der Waals surface area contributed by atoms with Gasteiger partial charge in [0.25, 0.3) is 0 Å². The minimum Gasteiger partial charge on any atom is -0.497 e. The van der Waals surface area contributed by atoms with Crippen molar-refractivity contribution in [2.45, 2.75) is 25.7 Å². The lowest BCUT2D eigenvalue weighted by Crippen LogP contribution is -2.05. The molecule has 1 aromatic carbocycles. The van der Waals surface area contributed by atoms with E-state index in [9.17, 15) is 4.79 Å². The third kappa shape index (κ3) is 5.04. The number of hydrogen-bond donors (Lipinski definition) is 1. The lowest BCUT2D eigenvalue weighted by atomic mass is 10.2. The summed E-state index contributed by atoms with van der Waals surface area (Å²) in [7, 11) is 1.50. The highest BCUT2D eigenvalue weighted by molar-refractivity contribution is 5.91. The summed E-state index contributed by atoms with van der Waals surface area (Å²) in [5, 5.41) is 9.11. The predicted octanol–water partition coefficient (Wildman–Crippen LogP) is 3.52. The maximum atomic E-state index is 11.1. The van der Waals surface area contributed by atoms with Gasteiger partial charge in [-0.05, 0) is 43.9 Å². The Kier molecular flexibility index (Phi) is 6.50. The van der Waals surface area contributed by atoms with Crippen LogP contribution in [0.1, 0.15) is 36.0 Å². The second-order valence-electron chi connectivity index (χ2n) is 4.15. The quantitative estimate of drug-likeness (QED) is 0.547. The molecule has 0 radical (unpaired) electrons. The summed E-state index contributed by atoms with van der Waals surface area (Å²) in [5.74, 6) is -0.117. The van der Waals surface area contributed by atoms with Crippen LogP contribution in [0.15, 0.2) is 30.9 Å². The highest BCUT2D eigenvalue weighted by atomic mass is 16.5. The molecule has 19 heavy (non-hydrogen) atoms. The Balaban J connectivity index is 2.52. The Labute approximate surface area is 113 Å². The number of carboxylic acid groups (broad SMARTS) is 1. The van der Waals surface area contributed by atoms with Crippen molar-refractivity contribution in [2.24, 2.45) is 0 Å². The molecule has 0 aromatic heterocycles. The van der Waals surface area contributed by atoms with Crippen LogP contribution in [0.2, 0.25) is 0 Å². The number of methoxy groups -OCH3 is 1. The van der Waals surface area contributed by atoms with Crippen molar-refractivity contribution in [1.82, 2.24) is 0 Å². The lowest BCUT2D eigenvalue weighted by Gasteiger charge is -2.10. The predicted molar refractivity (Wildman–Crippen MR) is 74.1 cm³/mol. The summed E-state index contributed by atoms with van der Waals surface area (Å²) in [6.45, 7) is 4.18. The molecule has 104 valence electrons. The van der Waals surface area contributed by atoms with Crippen LogP contribution >= 0.6 is 0 Å². The fourth-order valence-corrected chi connectivity index (χ4v) is 1.68. The van der Waals surface area contributed by atoms with Crippen molar-refractivity contribution in [3.8, 4) is 11.5 Å². The number of hydrogen-bond acceptors (Lipinski definition) is 3. The Bertz CT molecular complexity index is 426. The molecule has 0 aliphatic rings. The maximum Gasteiger partial charge on any atom is 0.339 e. The van der Waals surface area contributed by atoms with Crippen molar-refractivity contribution in [3.05, 3.63) is 36.4 Å². The normalized spacial score (nSPS) is 9.95. The minimum atomic E-state index is -1.01. The fraction of sp³-hybridized carbons (Fsp3) is 0.400. The first kappa shape index (κ1) is 15.1. The summed E-state index contributed by atoms with van der Waals surface area (Å²) in [6.07, 6.45) is 5.93. The molecule has 0 atom stereocenters. The van der Waals surface area contributed by atoms with Crippen LogP contribution in [0.5, 0.6) is 11.5 Å². The van der Waals surface area contributed by atoms with Crippen LogP contribution in [0.25, 0.3) is 0 Å². The van der Waals surface area contributed by atoms with Gasteiger partial charge in [0.1, 0.15) is 17.1 Å². The second kappa shape index (κ2) is 8.19. The number of carboxylic acids is 1. The van der Waals surface area contributed by atoms with E-state index in [4.69, 9.17) is 14.6 Å². The summed E-state index contributed by atoms with van der Waals surface area (Å²) in [6, 6.07) is 4.79. The van der Waals surface area contributed by atoms with E-state index in [1.54, 1.807) is 12.1 Å². The molecule has 4 heteroatoms. The summed E-state index contributed by atoms with van der Waals surface area (Å²) in [5.41, 5.74) is 0.130. The van der Waals surface area contributed by atoms with E-state index < -0.39 is 5.97 Å². The summed E-state index contributed by atoms with van der Waals surface area (Å²) < 4.78 is 10.5. The van der Waals surface area contributed by atoms with Crippen LogP contribution in [0, 0.1) is 0 Å². The van der Waals surface area contributed by atoms with Crippen molar-refractivity contribution in [1.29, 1.82) is 0 Å². The molecule has 0 heterocycles. The van der Waals surface area contributed by atoms with Crippen LogP contribution in [-0.2, 0) is 0 Å². The van der Waals surface area contributed by atoms with Gasteiger partial charge in [-0.25, -0.2) is 4.79 Å². The zero-order chi connectivity index (χ0) is 14.1. The Morgan fingerprint density at radius 1 is 1.37 bits per heavy atom. The summed E-state index contributed by atoms with van der Waals surface area (Å²) in [4.78, 5) is 11.1. The zero-order valence-electron chi connectivity index (χ0n) is 11.2. The first-order valence-electron chi connectivity index (χ1n) is 6.34. The molecule has 0 amide bonds. The van der Waals surface area contributed by atoms with Crippen molar-refractivity contribution >= 4 is 5.97 Å². The zero-order valence-corrected chi connectivity index (χ0v) is 11.2. The average molecular weight is 264 g/mol. The van der Waals surface area contributed by atoms with Crippen LogP contribution in [0.3, 0.4) is 0 Å².